The van der Waals surface area contributed by atoms with Gasteiger partial charge in [-0.1, -0.05) is 181 Å². The van der Waals surface area contributed by atoms with E-state index in [9.17, 15) is 0 Å². The molecule has 0 unspecified atom stereocenters. The van der Waals surface area contributed by atoms with E-state index in [0.717, 1.165) is 12.8 Å². The average molecular weight is 851 g/mol. The lowest BCUT2D eigenvalue weighted by molar-refractivity contribution is 0.392. The second-order valence-corrected chi connectivity index (χ2v) is 23.7. The minimum atomic E-state index is -0.0721. The minimum Gasteiger partial charge on any atom is -0.311 e. The fraction of sp³-hybridized carbons (Fsp3) is 0.323. The molecule has 0 N–H and O–H groups in total. The SMILES string of the molecule is CC(C)c1cc2c3c(c1)N(c1c(-c4ccccc4)cc(C(C)(C)C)cc1-c1ccccc1)c1cc4c(cc1B3c1ccc(C(C)(C)C)cc1N2c1cccc(C(C)(C)C)c1)CC(C)(C)C4. The Morgan fingerprint density at radius 1 is 0.477 bits per heavy atom. The summed E-state index contributed by atoms with van der Waals surface area (Å²) in [7, 11) is 0. The highest BCUT2D eigenvalue weighted by Gasteiger charge is 2.46. The minimum absolute atomic E-state index is 0.00554. The molecule has 0 aromatic heterocycles. The highest BCUT2D eigenvalue weighted by Crippen LogP contribution is 2.53. The number of rotatable bonds is 5. The second-order valence-electron chi connectivity index (χ2n) is 23.7. The first-order chi connectivity index (χ1) is 30.7. The van der Waals surface area contributed by atoms with Crippen molar-refractivity contribution < 1.29 is 0 Å². The largest absolute Gasteiger partial charge is 0.311 e. The number of hydrogen-bond acceptors (Lipinski definition) is 2. The first kappa shape index (κ1) is 43.1. The summed E-state index contributed by atoms with van der Waals surface area (Å²) in [6.07, 6.45) is 2.16. The van der Waals surface area contributed by atoms with Gasteiger partial charge in [0.25, 0.3) is 6.71 Å². The molecule has 10 rings (SSSR count). The zero-order valence-corrected chi connectivity index (χ0v) is 41.2. The van der Waals surface area contributed by atoms with E-state index in [2.05, 4.69) is 239 Å². The van der Waals surface area contributed by atoms with Crippen molar-refractivity contribution in [2.45, 2.75) is 125 Å². The topological polar surface area (TPSA) is 6.48 Å². The van der Waals surface area contributed by atoms with Gasteiger partial charge >= 0.3 is 0 Å². The van der Waals surface area contributed by atoms with Gasteiger partial charge in [-0.3, -0.25) is 0 Å². The third-order valence-corrected chi connectivity index (χ3v) is 14.6. The van der Waals surface area contributed by atoms with Gasteiger partial charge in [-0.05, 0) is 150 Å². The predicted molar refractivity (Wildman–Crippen MR) is 283 cm³/mol. The summed E-state index contributed by atoms with van der Waals surface area (Å²) in [6.45, 7) is 30.8. The quantitative estimate of drug-likeness (QED) is 0.159. The monoisotopic (exact) mass is 851 g/mol. The number of nitrogens with zero attached hydrogens (tertiary/aromatic N) is 2. The van der Waals surface area contributed by atoms with Crippen LogP contribution in [0.25, 0.3) is 22.3 Å². The van der Waals surface area contributed by atoms with Crippen molar-refractivity contribution in [3.8, 4) is 22.3 Å². The average Bonchev–Trinajstić information content (AvgIpc) is 3.57. The lowest BCUT2D eigenvalue weighted by Crippen LogP contribution is -2.61. The van der Waals surface area contributed by atoms with Crippen LogP contribution in [0.15, 0.2) is 140 Å². The summed E-state index contributed by atoms with van der Waals surface area (Å²) in [4.78, 5) is 5.37. The van der Waals surface area contributed by atoms with E-state index in [4.69, 9.17) is 0 Å². The van der Waals surface area contributed by atoms with E-state index in [1.807, 2.05) is 0 Å². The Bertz CT molecular complexity index is 2930. The van der Waals surface area contributed by atoms with Crippen LogP contribution >= 0.6 is 0 Å². The smallest absolute Gasteiger partial charge is 0.252 e. The molecule has 2 nitrogen and oxygen atoms in total. The Morgan fingerprint density at radius 3 is 1.55 bits per heavy atom. The zero-order chi connectivity index (χ0) is 46.0. The Hall–Kier alpha value is -5.80. The van der Waals surface area contributed by atoms with Crippen LogP contribution in [0.5, 0.6) is 0 Å². The van der Waals surface area contributed by atoms with Gasteiger partial charge in [0, 0.05) is 39.6 Å². The lowest BCUT2D eigenvalue weighted by atomic mass is 9.33. The molecule has 0 fully saturated rings. The van der Waals surface area contributed by atoms with Crippen molar-refractivity contribution in [1.29, 1.82) is 0 Å². The maximum Gasteiger partial charge on any atom is 0.252 e. The van der Waals surface area contributed by atoms with E-state index >= 15 is 0 Å². The Kier molecular flexibility index (Phi) is 10.0. The molecule has 7 aromatic rings. The number of fused-ring (bicyclic) bond motifs is 5. The van der Waals surface area contributed by atoms with E-state index in [-0.39, 0.29) is 28.4 Å². The van der Waals surface area contributed by atoms with Crippen LogP contribution in [0.2, 0.25) is 0 Å². The molecule has 2 heterocycles. The summed E-state index contributed by atoms with van der Waals surface area (Å²) < 4.78 is 0. The van der Waals surface area contributed by atoms with Gasteiger partial charge in [0.1, 0.15) is 0 Å². The summed E-state index contributed by atoms with van der Waals surface area (Å²) in [5, 5.41) is 0. The number of hydrogen-bond donors (Lipinski definition) is 0. The van der Waals surface area contributed by atoms with E-state index in [0.29, 0.717) is 5.92 Å². The van der Waals surface area contributed by atoms with Crippen molar-refractivity contribution in [3.05, 3.63) is 173 Å². The summed E-state index contributed by atoms with van der Waals surface area (Å²) >= 11 is 0. The standard InChI is InChI=1S/C62H67BN2/c1-39(2)42-30-55-57-56(31-42)65(58-49(40-21-16-14-17-22-40)34-47(61(9,10)11)35-50(58)41-23-18-15-19-24-41)53-32-44-38-62(12,13)37-43(44)29-52(53)63(57)51-28-27-46(60(6,7)8)36-54(51)64(55)48-26-20-25-45(33-48)59(3,4)5/h14-36,39H,37-38H2,1-13H3. The second kappa shape index (κ2) is 15.1. The molecular formula is C62H67BN2. The van der Waals surface area contributed by atoms with Crippen LogP contribution in [-0.4, -0.2) is 6.71 Å². The van der Waals surface area contributed by atoms with Gasteiger partial charge in [-0.25, -0.2) is 0 Å². The van der Waals surface area contributed by atoms with Crippen molar-refractivity contribution in [2.24, 2.45) is 5.41 Å². The third-order valence-electron chi connectivity index (χ3n) is 14.6. The van der Waals surface area contributed by atoms with Crippen LogP contribution in [0.1, 0.15) is 129 Å². The van der Waals surface area contributed by atoms with Gasteiger partial charge in [0.2, 0.25) is 0 Å². The maximum absolute atomic E-state index is 2.73. The maximum atomic E-state index is 2.73. The molecule has 0 bridgehead atoms. The van der Waals surface area contributed by atoms with Crippen LogP contribution < -0.4 is 26.2 Å². The Balaban J connectivity index is 1.39. The molecule has 0 amide bonds. The molecule has 2 aliphatic heterocycles. The fourth-order valence-corrected chi connectivity index (χ4v) is 11.0. The molecule has 0 atom stereocenters. The molecule has 3 aliphatic rings. The van der Waals surface area contributed by atoms with Crippen LogP contribution in [-0.2, 0) is 29.1 Å². The lowest BCUT2D eigenvalue weighted by Gasteiger charge is -2.46. The summed E-state index contributed by atoms with van der Waals surface area (Å²) in [5.74, 6) is 0.301. The highest BCUT2D eigenvalue weighted by molar-refractivity contribution is 7.00. The third kappa shape index (κ3) is 7.44. The Morgan fingerprint density at radius 2 is 1.00 bits per heavy atom. The molecule has 3 heteroatoms. The molecule has 0 spiro atoms. The van der Waals surface area contributed by atoms with Gasteiger partial charge < -0.3 is 9.80 Å². The molecule has 0 saturated carbocycles. The van der Waals surface area contributed by atoms with Crippen molar-refractivity contribution in [1.82, 2.24) is 0 Å². The van der Waals surface area contributed by atoms with Crippen molar-refractivity contribution >= 4 is 57.2 Å². The Labute approximate surface area is 390 Å². The van der Waals surface area contributed by atoms with Gasteiger partial charge in [0.15, 0.2) is 0 Å². The molecule has 0 saturated heterocycles. The van der Waals surface area contributed by atoms with E-state index in [1.54, 1.807) is 0 Å². The number of anilines is 6. The van der Waals surface area contributed by atoms with Gasteiger partial charge in [0.05, 0.1) is 5.69 Å². The van der Waals surface area contributed by atoms with Crippen LogP contribution in [0, 0.1) is 5.41 Å². The van der Waals surface area contributed by atoms with E-state index in [1.165, 1.54) is 106 Å². The summed E-state index contributed by atoms with van der Waals surface area (Å²) in [5.41, 5.74) is 25.2. The predicted octanol–water partition coefficient (Wildman–Crippen LogP) is 15.2. The van der Waals surface area contributed by atoms with Gasteiger partial charge in [-0.2, -0.15) is 0 Å². The van der Waals surface area contributed by atoms with Gasteiger partial charge in [-0.15, -0.1) is 0 Å². The van der Waals surface area contributed by atoms with Crippen LogP contribution in [0.4, 0.5) is 34.1 Å². The van der Waals surface area contributed by atoms with E-state index < -0.39 is 0 Å². The van der Waals surface area contributed by atoms with Crippen molar-refractivity contribution in [3.63, 3.8) is 0 Å². The first-order valence-electron chi connectivity index (χ1n) is 24.2. The fourth-order valence-electron chi connectivity index (χ4n) is 11.0. The highest BCUT2D eigenvalue weighted by atomic mass is 15.2. The molecule has 0 radical (unpaired) electrons. The molecule has 328 valence electrons. The molecule has 7 aromatic carbocycles. The molecular weight excluding hydrogens is 784 g/mol. The summed E-state index contributed by atoms with van der Waals surface area (Å²) in [6, 6.07) is 54.6. The van der Waals surface area contributed by atoms with Crippen LogP contribution in [0.3, 0.4) is 0 Å². The molecule has 65 heavy (non-hydrogen) atoms. The van der Waals surface area contributed by atoms with Crippen molar-refractivity contribution in [2.75, 3.05) is 9.80 Å². The normalized spacial score (nSPS) is 15.2. The first-order valence-corrected chi connectivity index (χ1v) is 24.2. The molecule has 1 aliphatic carbocycles. The number of benzene rings is 7. The zero-order valence-electron chi connectivity index (χ0n) is 41.2.